The fraction of sp³-hybridized carbons (Fsp3) is 0.853. The third-order valence-electron chi connectivity index (χ3n) is 7.42. The number of carboxylic acids is 1. The maximum Gasteiger partial charge on any atom is 0.322 e. The van der Waals surface area contributed by atoms with Crippen molar-refractivity contribution in [3.63, 3.8) is 0 Å². The monoisotopic (exact) mass is 565 g/mol. The number of nitrogens with one attached hydrogen (secondary N) is 1. The topological polar surface area (TPSA) is 92.7 Å². The lowest BCUT2D eigenvalue weighted by Crippen LogP contribution is -2.28. The van der Waals surface area contributed by atoms with E-state index in [4.69, 9.17) is 9.84 Å². The van der Waals surface area contributed by atoms with Gasteiger partial charge in [-0.05, 0) is 57.8 Å². The first-order chi connectivity index (χ1) is 19.5. The van der Waals surface area contributed by atoms with Crippen molar-refractivity contribution >= 4 is 17.8 Å². The Hall–Kier alpha value is -1.85. The molecule has 0 spiro atoms. The minimum Gasteiger partial charge on any atom is -0.480 e. The summed E-state index contributed by atoms with van der Waals surface area (Å²) in [4.78, 5) is 34.7. The van der Waals surface area contributed by atoms with Crippen LogP contribution in [0.2, 0.25) is 0 Å². The Kier molecular flexibility index (Phi) is 28.7. The number of hydrogen-bond acceptors (Lipinski definition) is 4. The molecule has 0 rings (SSSR count). The lowest BCUT2D eigenvalue weighted by atomic mass is 10.0. The molecule has 1 atom stereocenters. The maximum atomic E-state index is 12.6. The Labute approximate surface area is 246 Å². The molecular weight excluding hydrogens is 502 g/mol. The summed E-state index contributed by atoms with van der Waals surface area (Å²) in [6.45, 7) is 4.14. The van der Waals surface area contributed by atoms with Crippen molar-refractivity contribution in [2.45, 2.75) is 180 Å². The number of hydrogen-bond donors (Lipinski definition) is 2. The fourth-order valence-corrected chi connectivity index (χ4v) is 4.93. The molecule has 0 saturated heterocycles. The van der Waals surface area contributed by atoms with Crippen LogP contribution in [0.3, 0.4) is 0 Å². The van der Waals surface area contributed by atoms with Crippen LogP contribution < -0.4 is 5.32 Å². The van der Waals surface area contributed by atoms with E-state index in [1.165, 1.54) is 83.5 Å². The van der Waals surface area contributed by atoms with Gasteiger partial charge < -0.3 is 15.2 Å². The largest absolute Gasteiger partial charge is 0.480 e. The average Bonchev–Trinajstić information content (AvgIpc) is 2.93. The van der Waals surface area contributed by atoms with Crippen molar-refractivity contribution in [2.24, 2.45) is 0 Å². The molecule has 0 radical (unpaired) electrons. The lowest BCUT2D eigenvalue weighted by Gasteiger charge is -2.18. The summed E-state index contributed by atoms with van der Waals surface area (Å²) in [6, 6.07) is 0. The SMILES string of the molecule is CCC/C=C\CCCCCCCC(=O)OC(CCCCCCCCCC)CCCCCCCC(=O)NCC(=O)O. The molecule has 40 heavy (non-hydrogen) atoms. The number of esters is 1. The molecular formula is C34H63NO5. The van der Waals surface area contributed by atoms with Gasteiger partial charge in [-0.1, -0.05) is 116 Å². The molecule has 0 bridgehead atoms. The maximum absolute atomic E-state index is 12.6. The number of carbonyl (C=O) groups is 3. The molecule has 234 valence electrons. The van der Waals surface area contributed by atoms with Crippen molar-refractivity contribution < 1.29 is 24.2 Å². The van der Waals surface area contributed by atoms with Gasteiger partial charge in [0, 0.05) is 12.8 Å². The average molecular weight is 566 g/mol. The van der Waals surface area contributed by atoms with Gasteiger partial charge in [0.15, 0.2) is 0 Å². The van der Waals surface area contributed by atoms with Gasteiger partial charge in [0.25, 0.3) is 0 Å². The van der Waals surface area contributed by atoms with Crippen molar-refractivity contribution in [1.82, 2.24) is 5.32 Å². The zero-order valence-electron chi connectivity index (χ0n) is 26.2. The minimum atomic E-state index is -1.02. The highest BCUT2D eigenvalue weighted by Gasteiger charge is 2.14. The van der Waals surface area contributed by atoms with Gasteiger partial charge in [0.2, 0.25) is 5.91 Å². The van der Waals surface area contributed by atoms with E-state index in [0.29, 0.717) is 12.8 Å². The van der Waals surface area contributed by atoms with E-state index in [2.05, 4.69) is 31.3 Å². The summed E-state index contributed by atoms with van der Waals surface area (Å²) >= 11 is 0. The molecule has 0 heterocycles. The Morgan fingerprint density at radius 1 is 0.625 bits per heavy atom. The summed E-state index contributed by atoms with van der Waals surface area (Å²) in [5.41, 5.74) is 0. The first-order valence-electron chi connectivity index (χ1n) is 16.8. The van der Waals surface area contributed by atoms with Crippen LogP contribution in [0.1, 0.15) is 174 Å². The number of ether oxygens (including phenoxy) is 1. The number of aliphatic carboxylic acids is 1. The zero-order chi connectivity index (χ0) is 29.5. The first kappa shape index (κ1) is 38.1. The molecule has 0 fully saturated rings. The van der Waals surface area contributed by atoms with Crippen LogP contribution >= 0.6 is 0 Å². The number of carboxylic acid groups (broad SMARTS) is 1. The third kappa shape index (κ3) is 29.1. The highest BCUT2D eigenvalue weighted by Crippen LogP contribution is 2.18. The van der Waals surface area contributed by atoms with Crippen LogP contribution in [-0.2, 0) is 19.1 Å². The summed E-state index contributed by atoms with van der Waals surface area (Å²) < 4.78 is 5.95. The van der Waals surface area contributed by atoms with E-state index in [1.54, 1.807) is 0 Å². The number of amides is 1. The van der Waals surface area contributed by atoms with Crippen LogP contribution in [0.5, 0.6) is 0 Å². The van der Waals surface area contributed by atoms with Gasteiger partial charge in [-0.15, -0.1) is 0 Å². The molecule has 0 aromatic heterocycles. The number of rotatable bonds is 30. The molecule has 6 heteroatoms. The molecule has 0 aliphatic carbocycles. The van der Waals surface area contributed by atoms with Gasteiger partial charge >= 0.3 is 11.9 Å². The van der Waals surface area contributed by atoms with E-state index in [9.17, 15) is 14.4 Å². The van der Waals surface area contributed by atoms with Gasteiger partial charge in [-0.25, -0.2) is 0 Å². The normalized spacial score (nSPS) is 12.1. The number of carbonyl (C=O) groups excluding carboxylic acids is 2. The predicted octanol–water partition coefficient (Wildman–Crippen LogP) is 9.45. The molecule has 1 amide bonds. The molecule has 0 saturated carbocycles. The van der Waals surface area contributed by atoms with Crippen LogP contribution in [-0.4, -0.2) is 35.6 Å². The molecule has 1 unspecified atom stereocenters. The molecule has 6 nitrogen and oxygen atoms in total. The standard InChI is InChI=1S/C34H63NO5/c1-3-5-7-9-11-13-14-16-21-25-29-34(39)40-31(26-22-18-15-12-10-8-6-4-2)27-23-19-17-20-24-28-32(36)35-30-33(37)38/h7,9,31H,3-6,8,10-30H2,1-2H3,(H,35,36)(H,37,38)/b9-7-. The summed E-state index contributed by atoms with van der Waals surface area (Å²) in [6.07, 6.45) is 31.8. The van der Waals surface area contributed by atoms with Crippen molar-refractivity contribution in [3.05, 3.63) is 12.2 Å². The third-order valence-corrected chi connectivity index (χ3v) is 7.42. The lowest BCUT2D eigenvalue weighted by molar-refractivity contribution is -0.150. The zero-order valence-corrected chi connectivity index (χ0v) is 26.2. The van der Waals surface area contributed by atoms with Gasteiger partial charge in [-0.3, -0.25) is 14.4 Å². The summed E-state index contributed by atoms with van der Waals surface area (Å²) in [5.74, 6) is -1.24. The molecule has 0 aromatic carbocycles. The highest BCUT2D eigenvalue weighted by atomic mass is 16.5. The van der Waals surface area contributed by atoms with E-state index >= 15 is 0 Å². The van der Waals surface area contributed by atoms with Crippen LogP contribution in [0, 0.1) is 0 Å². The van der Waals surface area contributed by atoms with Crippen LogP contribution in [0.4, 0.5) is 0 Å². The second-order valence-electron chi connectivity index (χ2n) is 11.4. The van der Waals surface area contributed by atoms with E-state index < -0.39 is 5.97 Å². The Balaban J connectivity index is 4.15. The van der Waals surface area contributed by atoms with E-state index in [1.807, 2.05) is 0 Å². The van der Waals surface area contributed by atoms with Gasteiger partial charge in [-0.2, -0.15) is 0 Å². The van der Waals surface area contributed by atoms with Gasteiger partial charge in [0.1, 0.15) is 12.6 Å². The van der Waals surface area contributed by atoms with Crippen molar-refractivity contribution in [2.75, 3.05) is 6.54 Å². The van der Waals surface area contributed by atoms with Crippen molar-refractivity contribution in [3.8, 4) is 0 Å². The quantitative estimate of drug-likeness (QED) is 0.0514. The van der Waals surface area contributed by atoms with Gasteiger partial charge in [0.05, 0.1) is 0 Å². The van der Waals surface area contributed by atoms with Crippen molar-refractivity contribution in [1.29, 1.82) is 0 Å². The Morgan fingerprint density at radius 2 is 1.12 bits per heavy atom. The number of unbranched alkanes of at least 4 members (excludes halogenated alkanes) is 17. The van der Waals surface area contributed by atoms with E-state index in [0.717, 1.165) is 64.2 Å². The molecule has 0 aliphatic heterocycles. The molecule has 0 aromatic rings. The second-order valence-corrected chi connectivity index (χ2v) is 11.4. The van der Waals surface area contributed by atoms with E-state index in [-0.39, 0.29) is 24.5 Å². The minimum absolute atomic E-state index is 0.0283. The predicted molar refractivity (Wildman–Crippen MR) is 166 cm³/mol. The highest BCUT2D eigenvalue weighted by molar-refractivity contribution is 5.80. The Bertz CT molecular complexity index is 634. The number of allylic oxidation sites excluding steroid dienone is 2. The second kappa shape index (κ2) is 30.1. The molecule has 0 aliphatic rings. The smallest absolute Gasteiger partial charge is 0.322 e. The fourth-order valence-electron chi connectivity index (χ4n) is 4.93. The van der Waals surface area contributed by atoms with Crippen LogP contribution in [0.15, 0.2) is 12.2 Å². The summed E-state index contributed by atoms with van der Waals surface area (Å²) in [5, 5.41) is 11.0. The molecule has 2 N–H and O–H groups in total. The Morgan fingerprint density at radius 3 is 1.70 bits per heavy atom. The first-order valence-corrected chi connectivity index (χ1v) is 16.8. The summed E-state index contributed by atoms with van der Waals surface area (Å²) in [7, 11) is 0. The van der Waals surface area contributed by atoms with Crippen LogP contribution in [0.25, 0.3) is 0 Å².